The van der Waals surface area contributed by atoms with E-state index in [-0.39, 0.29) is 5.56 Å². The summed E-state index contributed by atoms with van der Waals surface area (Å²) in [5.41, 5.74) is 2.37. The Bertz CT molecular complexity index is 1290. The minimum absolute atomic E-state index is 0.287. The Kier molecular flexibility index (Phi) is 5.45. The highest BCUT2D eigenvalue weighted by Gasteiger charge is 2.22. The van der Waals surface area contributed by atoms with Crippen LogP contribution in [0.2, 0.25) is 0 Å². The second kappa shape index (κ2) is 8.51. The molecular formula is C24H17N3O4. The number of esters is 1. The second-order valence-electron chi connectivity index (χ2n) is 6.78. The third kappa shape index (κ3) is 4.28. The average molecular weight is 411 g/mol. The largest absolute Gasteiger partial charge is 0.463 e. The van der Waals surface area contributed by atoms with Crippen LogP contribution >= 0.6 is 0 Å². The molecule has 7 heteroatoms. The number of hydrogen-bond acceptors (Lipinski definition) is 6. The molecule has 0 saturated heterocycles. The van der Waals surface area contributed by atoms with E-state index in [2.05, 4.69) is 10.3 Å². The van der Waals surface area contributed by atoms with Gasteiger partial charge >= 0.3 is 5.97 Å². The minimum atomic E-state index is -1.04. The Morgan fingerprint density at radius 2 is 1.87 bits per heavy atom. The van der Waals surface area contributed by atoms with E-state index in [0.717, 1.165) is 0 Å². The minimum Gasteiger partial charge on any atom is -0.463 e. The molecule has 0 aliphatic carbocycles. The van der Waals surface area contributed by atoms with Gasteiger partial charge in [-0.3, -0.25) is 4.79 Å². The molecule has 0 aliphatic heterocycles. The predicted octanol–water partition coefficient (Wildman–Crippen LogP) is 4.55. The van der Waals surface area contributed by atoms with E-state index in [9.17, 15) is 9.59 Å². The maximum atomic E-state index is 12.9. The lowest BCUT2D eigenvalue weighted by atomic mass is 10.1. The first kappa shape index (κ1) is 19.9. The highest BCUT2D eigenvalue weighted by Crippen LogP contribution is 2.26. The van der Waals surface area contributed by atoms with Crippen LogP contribution in [0.5, 0.6) is 0 Å². The first-order valence-electron chi connectivity index (χ1n) is 9.51. The monoisotopic (exact) mass is 411 g/mol. The van der Waals surface area contributed by atoms with Crippen molar-refractivity contribution in [2.45, 2.75) is 13.0 Å². The summed E-state index contributed by atoms with van der Waals surface area (Å²) in [6, 6.07) is 20.7. The highest BCUT2D eigenvalue weighted by atomic mass is 16.5. The van der Waals surface area contributed by atoms with Gasteiger partial charge in [-0.25, -0.2) is 9.78 Å². The van der Waals surface area contributed by atoms with Gasteiger partial charge in [-0.2, -0.15) is 5.26 Å². The van der Waals surface area contributed by atoms with Crippen molar-refractivity contribution in [3.05, 3.63) is 84.1 Å². The number of furan rings is 1. The smallest absolute Gasteiger partial charge is 0.339 e. The topological polar surface area (TPSA) is 105 Å². The number of carbonyl (C=O) groups is 2. The zero-order valence-electron chi connectivity index (χ0n) is 16.5. The molecule has 0 aliphatic rings. The lowest BCUT2D eigenvalue weighted by Crippen LogP contribution is -2.30. The molecule has 1 amide bonds. The first-order valence-corrected chi connectivity index (χ1v) is 9.51. The normalized spacial score (nSPS) is 11.5. The SMILES string of the molecule is C[C@@H](OC(=O)c1cc(-c2ccco2)nc2ccccc12)C(=O)Nc1ccc(C#N)cc1. The number of hydrogen-bond donors (Lipinski definition) is 1. The zero-order chi connectivity index (χ0) is 21.8. The van der Waals surface area contributed by atoms with E-state index < -0.39 is 18.0 Å². The van der Waals surface area contributed by atoms with Gasteiger partial charge in [0.15, 0.2) is 11.9 Å². The molecule has 0 unspecified atom stereocenters. The average Bonchev–Trinajstić information content (AvgIpc) is 3.33. The Labute approximate surface area is 177 Å². The van der Waals surface area contributed by atoms with Crippen molar-refractivity contribution in [1.29, 1.82) is 5.26 Å². The van der Waals surface area contributed by atoms with Gasteiger partial charge in [-0.1, -0.05) is 18.2 Å². The van der Waals surface area contributed by atoms with Crippen LogP contribution in [-0.2, 0) is 9.53 Å². The van der Waals surface area contributed by atoms with E-state index >= 15 is 0 Å². The van der Waals surface area contributed by atoms with Gasteiger partial charge in [0, 0.05) is 11.1 Å². The quantitative estimate of drug-likeness (QED) is 0.483. The van der Waals surface area contributed by atoms with Crippen molar-refractivity contribution in [2.24, 2.45) is 0 Å². The Hall–Kier alpha value is -4.44. The van der Waals surface area contributed by atoms with Gasteiger partial charge in [-0.05, 0) is 55.5 Å². The molecule has 2 aromatic carbocycles. The molecule has 31 heavy (non-hydrogen) atoms. The number of amides is 1. The highest BCUT2D eigenvalue weighted by molar-refractivity contribution is 6.05. The van der Waals surface area contributed by atoms with Crippen LogP contribution in [0.3, 0.4) is 0 Å². The summed E-state index contributed by atoms with van der Waals surface area (Å²) < 4.78 is 10.8. The number of anilines is 1. The molecule has 0 fully saturated rings. The predicted molar refractivity (Wildman–Crippen MR) is 114 cm³/mol. The Morgan fingerprint density at radius 3 is 2.58 bits per heavy atom. The van der Waals surface area contributed by atoms with E-state index in [1.165, 1.54) is 13.2 Å². The number of nitrogens with zero attached hydrogens (tertiary/aromatic N) is 2. The molecular weight excluding hydrogens is 394 g/mol. The van der Waals surface area contributed by atoms with E-state index in [1.54, 1.807) is 60.7 Å². The summed E-state index contributed by atoms with van der Waals surface area (Å²) in [6.07, 6.45) is 0.488. The van der Waals surface area contributed by atoms with Crippen molar-refractivity contribution < 1.29 is 18.7 Å². The number of nitrogens with one attached hydrogen (secondary N) is 1. The number of pyridine rings is 1. The van der Waals surface area contributed by atoms with Gasteiger partial charge in [0.1, 0.15) is 5.69 Å². The number of benzene rings is 2. The molecule has 4 rings (SSSR count). The summed E-state index contributed by atoms with van der Waals surface area (Å²) in [5, 5.41) is 12.1. The van der Waals surface area contributed by atoms with Crippen molar-refractivity contribution in [3.8, 4) is 17.5 Å². The fourth-order valence-electron chi connectivity index (χ4n) is 3.04. The molecule has 4 aromatic rings. The van der Waals surface area contributed by atoms with Crippen LogP contribution in [0.15, 0.2) is 77.4 Å². The molecule has 152 valence electrons. The van der Waals surface area contributed by atoms with Crippen molar-refractivity contribution in [2.75, 3.05) is 5.32 Å². The maximum absolute atomic E-state index is 12.9. The van der Waals surface area contributed by atoms with Gasteiger partial charge in [-0.15, -0.1) is 0 Å². The van der Waals surface area contributed by atoms with E-state index in [1.807, 2.05) is 12.1 Å². The van der Waals surface area contributed by atoms with Crippen LogP contribution in [-0.4, -0.2) is 23.0 Å². The van der Waals surface area contributed by atoms with Crippen molar-refractivity contribution >= 4 is 28.5 Å². The molecule has 7 nitrogen and oxygen atoms in total. The molecule has 0 saturated carbocycles. The van der Waals surface area contributed by atoms with E-state index in [4.69, 9.17) is 14.4 Å². The van der Waals surface area contributed by atoms with Crippen LogP contribution in [0.1, 0.15) is 22.8 Å². The molecule has 0 bridgehead atoms. The van der Waals surface area contributed by atoms with E-state index in [0.29, 0.717) is 33.6 Å². The van der Waals surface area contributed by atoms with Crippen molar-refractivity contribution in [1.82, 2.24) is 4.98 Å². The number of ether oxygens (including phenoxy) is 1. The standard InChI is InChI=1S/C24H17N3O4/c1-15(23(28)26-17-10-8-16(14-25)9-11-17)31-24(29)19-13-21(22-7-4-12-30-22)27-20-6-3-2-5-18(19)20/h2-13,15H,1H3,(H,26,28)/t15-/m1/s1. The fourth-order valence-corrected chi connectivity index (χ4v) is 3.04. The molecule has 1 atom stereocenters. The lowest BCUT2D eigenvalue weighted by molar-refractivity contribution is -0.123. The summed E-state index contributed by atoms with van der Waals surface area (Å²) in [5.74, 6) is -0.608. The molecule has 2 heterocycles. The third-order valence-electron chi connectivity index (χ3n) is 4.64. The molecule has 0 spiro atoms. The van der Waals surface area contributed by atoms with Crippen LogP contribution in [0, 0.1) is 11.3 Å². The number of nitriles is 1. The van der Waals surface area contributed by atoms with Crippen LogP contribution in [0.4, 0.5) is 5.69 Å². The summed E-state index contributed by atoms with van der Waals surface area (Å²) >= 11 is 0. The third-order valence-corrected chi connectivity index (χ3v) is 4.64. The summed E-state index contributed by atoms with van der Waals surface area (Å²) in [4.78, 5) is 29.9. The van der Waals surface area contributed by atoms with Gasteiger partial charge < -0.3 is 14.5 Å². The Morgan fingerprint density at radius 1 is 1.10 bits per heavy atom. The van der Waals surface area contributed by atoms with Crippen LogP contribution < -0.4 is 5.32 Å². The number of rotatable bonds is 5. The number of para-hydroxylation sites is 1. The second-order valence-corrected chi connectivity index (χ2v) is 6.78. The molecule has 0 radical (unpaired) electrons. The number of fused-ring (bicyclic) bond motifs is 1. The fraction of sp³-hybridized carbons (Fsp3) is 0.0833. The van der Waals surface area contributed by atoms with Crippen molar-refractivity contribution in [3.63, 3.8) is 0 Å². The first-order chi connectivity index (χ1) is 15.0. The zero-order valence-corrected chi connectivity index (χ0v) is 16.5. The maximum Gasteiger partial charge on any atom is 0.339 e. The number of aromatic nitrogens is 1. The molecule has 2 aromatic heterocycles. The van der Waals surface area contributed by atoms with Gasteiger partial charge in [0.05, 0.1) is 29.0 Å². The molecule has 1 N–H and O–H groups in total. The van der Waals surface area contributed by atoms with Gasteiger partial charge in [0.25, 0.3) is 5.91 Å². The number of carbonyl (C=O) groups excluding carboxylic acids is 2. The van der Waals surface area contributed by atoms with Gasteiger partial charge in [0.2, 0.25) is 0 Å². The lowest BCUT2D eigenvalue weighted by Gasteiger charge is -2.15. The Balaban J connectivity index is 1.56. The summed E-state index contributed by atoms with van der Waals surface area (Å²) in [6.45, 7) is 1.49. The summed E-state index contributed by atoms with van der Waals surface area (Å²) in [7, 11) is 0. The van der Waals surface area contributed by atoms with Crippen LogP contribution in [0.25, 0.3) is 22.4 Å².